The molecule has 0 radical (unpaired) electrons. The van der Waals surface area contributed by atoms with Gasteiger partial charge in [0.2, 0.25) is 10.0 Å². The molecule has 1 atom stereocenters. The van der Waals surface area contributed by atoms with Crippen LogP contribution in [-0.4, -0.2) is 36.7 Å². The van der Waals surface area contributed by atoms with Crippen molar-refractivity contribution in [3.63, 3.8) is 0 Å². The van der Waals surface area contributed by atoms with E-state index in [2.05, 4.69) is 10.3 Å². The van der Waals surface area contributed by atoms with Gasteiger partial charge in [-0.15, -0.1) is 0 Å². The summed E-state index contributed by atoms with van der Waals surface area (Å²) in [5, 5.41) is 2.89. The Hall–Kier alpha value is -3.10. The molecule has 0 bridgehead atoms. The normalized spacial score (nSPS) is 12.5. The third-order valence-electron chi connectivity index (χ3n) is 4.91. The molecule has 162 valence electrons. The van der Waals surface area contributed by atoms with Crippen LogP contribution in [0.15, 0.2) is 77.8 Å². The molecule has 3 aromatic rings. The van der Waals surface area contributed by atoms with Crippen LogP contribution in [0.2, 0.25) is 0 Å². The van der Waals surface area contributed by atoms with Gasteiger partial charge in [0.25, 0.3) is 5.91 Å². The zero-order valence-corrected chi connectivity index (χ0v) is 18.1. The number of rotatable bonds is 8. The SMILES string of the molecule is CCN(CC)S(=O)(=O)c1cc(C(=O)NC(c2ccccc2)c2ccccn2)ccc1F. The summed E-state index contributed by atoms with van der Waals surface area (Å²) in [6.07, 6.45) is 1.63. The minimum atomic E-state index is -4.05. The maximum absolute atomic E-state index is 14.4. The lowest BCUT2D eigenvalue weighted by Crippen LogP contribution is -2.32. The third-order valence-corrected chi connectivity index (χ3v) is 6.97. The largest absolute Gasteiger partial charge is 0.340 e. The molecule has 31 heavy (non-hydrogen) atoms. The Bertz CT molecular complexity index is 1100. The molecule has 2 aromatic carbocycles. The number of nitrogens with one attached hydrogen (secondary N) is 1. The van der Waals surface area contributed by atoms with E-state index in [-0.39, 0.29) is 18.7 Å². The standard InChI is InChI=1S/C23H24FN3O3S/c1-3-27(4-2)31(29,30)21-16-18(13-14-19(21)24)23(28)26-22(17-10-6-5-7-11-17)20-12-8-9-15-25-20/h5-16,22H,3-4H2,1-2H3,(H,26,28). The molecule has 3 rings (SSSR count). The number of benzene rings is 2. The zero-order chi connectivity index (χ0) is 22.4. The van der Waals surface area contributed by atoms with Crippen molar-refractivity contribution in [3.8, 4) is 0 Å². The van der Waals surface area contributed by atoms with E-state index < -0.39 is 32.7 Å². The van der Waals surface area contributed by atoms with Gasteiger partial charge in [0.1, 0.15) is 10.7 Å². The monoisotopic (exact) mass is 441 g/mol. The molecule has 1 unspecified atom stereocenters. The van der Waals surface area contributed by atoms with Gasteiger partial charge in [-0.05, 0) is 35.9 Å². The van der Waals surface area contributed by atoms with Crippen molar-refractivity contribution in [2.24, 2.45) is 0 Å². The number of hydrogen-bond donors (Lipinski definition) is 1. The van der Waals surface area contributed by atoms with Crippen molar-refractivity contribution in [3.05, 3.63) is 95.6 Å². The van der Waals surface area contributed by atoms with Gasteiger partial charge in [0.15, 0.2) is 0 Å². The first-order valence-electron chi connectivity index (χ1n) is 9.95. The molecule has 8 heteroatoms. The van der Waals surface area contributed by atoms with Crippen LogP contribution < -0.4 is 5.32 Å². The number of carbonyl (C=O) groups is 1. The average molecular weight is 442 g/mol. The van der Waals surface area contributed by atoms with Gasteiger partial charge >= 0.3 is 0 Å². The van der Waals surface area contributed by atoms with E-state index in [1.807, 2.05) is 36.4 Å². The number of amides is 1. The van der Waals surface area contributed by atoms with Crippen molar-refractivity contribution in [2.45, 2.75) is 24.8 Å². The summed E-state index contributed by atoms with van der Waals surface area (Å²) in [7, 11) is -4.05. The number of nitrogens with zero attached hydrogens (tertiary/aromatic N) is 2. The highest BCUT2D eigenvalue weighted by atomic mass is 32.2. The van der Waals surface area contributed by atoms with E-state index in [1.165, 1.54) is 6.07 Å². The molecule has 6 nitrogen and oxygen atoms in total. The molecular weight excluding hydrogens is 417 g/mol. The fourth-order valence-electron chi connectivity index (χ4n) is 3.28. The quantitative estimate of drug-likeness (QED) is 0.577. The van der Waals surface area contributed by atoms with Crippen LogP contribution in [-0.2, 0) is 10.0 Å². The first-order chi connectivity index (χ1) is 14.9. The number of hydrogen-bond acceptors (Lipinski definition) is 4. The molecule has 0 aliphatic rings. The maximum atomic E-state index is 14.4. The fraction of sp³-hybridized carbons (Fsp3) is 0.217. The lowest BCUT2D eigenvalue weighted by atomic mass is 10.0. The Morgan fingerprint density at radius 2 is 1.71 bits per heavy atom. The Morgan fingerprint density at radius 1 is 1.03 bits per heavy atom. The topological polar surface area (TPSA) is 79.4 Å². The summed E-state index contributed by atoms with van der Waals surface area (Å²) in [5.74, 6) is -1.43. The summed E-state index contributed by atoms with van der Waals surface area (Å²) >= 11 is 0. The fourth-order valence-corrected chi connectivity index (χ4v) is 4.83. The molecule has 0 aliphatic carbocycles. The second-order valence-electron chi connectivity index (χ2n) is 6.81. The molecule has 1 heterocycles. The average Bonchev–Trinajstić information content (AvgIpc) is 2.79. The summed E-state index contributed by atoms with van der Waals surface area (Å²) in [4.78, 5) is 16.9. The first kappa shape index (κ1) is 22.6. The Labute approximate surface area is 181 Å². The van der Waals surface area contributed by atoms with Crippen molar-refractivity contribution in [1.82, 2.24) is 14.6 Å². The molecule has 0 saturated carbocycles. The highest BCUT2D eigenvalue weighted by Gasteiger charge is 2.27. The number of halogens is 1. The molecule has 1 aromatic heterocycles. The van der Waals surface area contributed by atoms with Gasteiger partial charge in [-0.2, -0.15) is 4.31 Å². The summed E-state index contributed by atoms with van der Waals surface area (Å²) in [6.45, 7) is 3.74. The molecule has 0 aliphatic heterocycles. The van der Waals surface area contributed by atoms with Gasteiger partial charge in [-0.3, -0.25) is 9.78 Å². The van der Waals surface area contributed by atoms with Gasteiger partial charge in [-0.1, -0.05) is 50.2 Å². The Kier molecular flexibility index (Phi) is 7.14. The minimum absolute atomic E-state index is 0.0454. The summed E-state index contributed by atoms with van der Waals surface area (Å²) in [6, 6.07) is 17.5. The van der Waals surface area contributed by atoms with Gasteiger partial charge < -0.3 is 5.32 Å². The lowest BCUT2D eigenvalue weighted by molar-refractivity contribution is 0.0942. The number of aromatic nitrogens is 1. The highest BCUT2D eigenvalue weighted by molar-refractivity contribution is 7.89. The molecule has 1 amide bonds. The van der Waals surface area contributed by atoms with Crippen molar-refractivity contribution < 1.29 is 17.6 Å². The van der Waals surface area contributed by atoms with Crippen LogP contribution in [0.25, 0.3) is 0 Å². The summed E-state index contributed by atoms with van der Waals surface area (Å²) < 4.78 is 41.2. The zero-order valence-electron chi connectivity index (χ0n) is 17.3. The van der Waals surface area contributed by atoms with Crippen LogP contribution in [0.5, 0.6) is 0 Å². The first-order valence-corrected chi connectivity index (χ1v) is 11.4. The maximum Gasteiger partial charge on any atom is 0.252 e. The number of sulfonamides is 1. The van der Waals surface area contributed by atoms with Crippen LogP contribution in [0.3, 0.4) is 0 Å². The van der Waals surface area contributed by atoms with Gasteiger partial charge in [-0.25, -0.2) is 12.8 Å². The minimum Gasteiger partial charge on any atom is -0.340 e. The van der Waals surface area contributed by atoms with Crippen molar-refractivity contribution >= 4 is 15.9 Å². The highest BCUT2D eigenvalue weighted by Crippen LogP contribution is 2.23. The third kappa shape index (κ3) is 4.98. The smallest absolute Gasteiger partial charge is 0.252 e. The Balaban J connectivity index is 1.97. The Morgan fingerprint density at radius 3 is 2.32 bits per heavy atom. The van der Waals surface area contributed by atoms with Crippen LogP contribution in [0.1, 0.15) is 41.5 Å². The van der Waals surface area contributed by atoms with Crippen molar-refractivity contribution in [2.75, 3.05) is 13.1 Å². The van der Waals surface area contributed by atoms with E-state index in [9.17, 15) is 17.6 Å². The second-order valence-corrected chi connectivity index (χ2v) is 8.71. The van der Waals surface area contributed by atoms with Crippen molar-refractivity contribution in [1.29, 1.82) is 0 Å². The molecule has 0 saturated heterocycles. The van der Waals surface area contributed by atoms with Crippen LogP contribution >= 0.6 is 0 Å². The van der Waals surface area contributed by atoms with E-state index in [0.29, 0.717) is 5.69 Å². The number of pyridine rings is 1. The van der Waals surface area contributed by atoms with Gasteiger partial charge in [0.05, 0.1) is 11.7 Å². The molecule has 0 fully saturated rings. The second kappa shape index (κ2) is 9.80. The summed E-state index contributed by atoms with van der Waals surface area (Å²) in [5.41, 5.74) is 1.48. The van der Waals surface area contributed by atoms with Gasteiger partial charge in [0, 0.05) is 24.8 Å². The molecule has 0 spiro atoms. The van der Waals surface area contributed by atoms with E-state index >= 15 is 0 Å². The lowest BCUT2D eigenvalue weighted by Gasteiger charge is -2.21. The van der Waals surface area contributed by atoms with E-state index in [0.717, 1.165) is 22.0 Å². The molecular formula is C23H24FN3O3S. The van der Waals surface area contributed by atoms with Crippen LogP contribution in [0, 0.1) is 5.82 Å². The predicted octanol–water partition coefficient (Wildman–Crippen LogP) is 3.77. The van der Waals surface area contributed by atoms with Crippen LogP contribution in [0.4, 0.5) is 4.39 Å². The van der Waals surface area contributed by atoms with E-state index in [1.54, 1.807) is 32.2 Å². The predicted molar refractivity (Wildman–Crippen MR) is 116 cm³/mol. The molecule has 1 N–H and O–H groups in total. The van der Waals surface area contributed by atoms with E-state index in [4.69, 9.17) is 0 Å². The number of carbonyl (C=O) groups excluding carboxylic acids is 1.